The van der Waals surface area contributed by atoms with Crippen molar-refractivity contribution in [1.82, 2.24) is 0 Å². The number of anilines is 1. The lowest BCUT2D eigenvalue weighted by molar-refractivity contribution is 0.387. The lowest BCUT2D eigenvalue weighted by Gasteiger charge is -2.02. The number of nitrogen functional groups attached to an aromatic ring is 1. The van der Waals surface area contributed by atoms with Crippen molar-refractivity contribution in [3.8, 4) is 0 Å². The molecule has 0 aromatic heterocycles. The van der Waals surface area contributed by atoms with Gasteiger partial charge in [-0.3, -0.25) is 4.57 Å². The first kappa shape index (κ1) is 14.5. The van der Waals surface area contributed by atoms with Crippen molar-refractivity contribution >= 4 is 18.6 Å². The van der Waals surface area contributed by atoms with E-state index < -0.39 is 7.60 Å². The summed E-state index contributed by atoms with van der Waals surface area (Å²) in [5, 5.41) is 0.0723. The molecule has 96 valence electrons. The SMILES string of the molecule is Cc1ccc(P(=O)(O)O)cc1.Nc1ccccc1. The monoisotopic (exact) mass is 265 g/mol. The van der Waals surface area contributed by atoms with Crippen LogP contribution in [-0.2, 0) is 4.57 Å². The molecule has 0 spiro atoms. The van der Waals surface area contributed by atoms with Gasteiger partial charge in [0.1, 0.15) is 0 Å². The number of nitrogens with two attached hydrogens (primary N) is 1. The van der Waals surface area contributed by atoms with Gasteiger partial charge in [0.2, 0.25) is 0 Å². The zero-order valence-corrected chi connectivity index (χ0v) is 10.9. The van der Waals surface area contributed by atoms with Gasteiger partial charge in [0.25, 0.3) is 0 Å². The van der Waals surface area contributed by atoms with Crippen molar-refractivity contribution in [3.05, 3.63) is 60.2 Å². The Bertz CT molecular complexity index is 520. The molecule has 2 aromatic carbocycles. The Kier molecular flexibility index (Phi) is 5.10. The molecule has 0 saturated heterocycles. The van der Waals surface area contributed by atoms with E-state index in [0.29, 0.717) is 0 Å². The summed E-state index contributed by atoms with van der Waals surface area (Å²) in [6.45, 7) is 1.86. The van der Waals surface area contributed by atoms with Gasteiger partial charge in [-0.1, -0.05) is 35.9 Å². The van der Waals surface area contributed by atoms with Crippen LogP contribution >= 0.6 is 7.60 Å². The number of hydrogen-bond acceptors (Lipinski definition) is 2. The van der Waals surface area contributed by atoms with E-state index in [2.05, 4.69) is 0 Å². The molecular formula is C13H16NO3P. The van der Waals surface area contributed by atoms with Crippen LogP contribution in [0.1, 0.15) is 5.56 Å². The van der Waals surface area contributed by atoms with Gasteiger partial charge < -0.3 is 15.5 Å². The number of aryl methyl sites for hydroxylation is 1. The molecule has 0 atom stereocenters. The molecule has 4 nitrogen and oxygen atoms in total. The molecule has 0 aliphatic heterocycles. The first-order valence-corrected chi connectivity index (χ1v) is 6.94. The van der Waals surface area contributed by atoms with Crippen LogP contribution in [0.25, 0.3) is 0 Å². The van der Waals surface area contributed by atoms with Crippen molar-refractivity contribution in [2.45, 2.75) is 6.92 Å². The van der Waals surface area contributed by atoms with Gasteiger partial charge >= 0.3 is 7.60 Å². The van der Waals surface area contributed by atoms with Crippen molar-refractivity contribution in [2.24, 2.45) is 0 Å². The Morgan fingerprint density at radius 1 is 0.944 bits per heavy atom. The molecule has 4 N–H and O–H groups in total. The van der Waals surface area contributed by atoms with Crippen molar-refractivity contribution in [2.75, 3.05) is 5.73 Å². The molecule has 5 heteroatoms. The van der Waals surface area contributed by atoms with Crippen LogP contribution in [-0.4, -0.2) is 9.79 Å². The summed E-state index contributed by atoms with van der Waals surface area (Å²) >= 11 is 0. The Morgan fingerprint density at radius 3 is 1.78 bits per heavy atom. The number of para-hydroxylation sites is 1. The highest BCUT2D eigenvalue weighted by atomic mass is 31.2. The molecular weight excluding hydrogens is 249 g/mol. The fraction of sp³-hybridized carbons (Fsp3) is 0.0769. The first-order valence-electron chi connectivity index (χ1n) is 5.33. The topological polar surface area (TPSA) is 83.5 Å². The Hall–Kier alpha value is -1.61. The number of rotatable bonds is 1. The molecule has 18 heavy (non-hydrogen) atoms. The van der Waals surface area contributed by atoms with E-state index in [-0.39, 0.29) is 5.30 Å². The minimum absolute atomic E-state index is 0.0723. The maximum Gasteiger partial charge on any atom is 0.356 e. The summed E-state index contributed by atoms with van der Waals surface area (Å²) in [7, 11) is -4.04. The highest BCUT2D eigenvalue weighted by molar-refractivity contribution is 7.60. The van der Waals surface area contributed by atoms with Crippen LogP contribution in [0.3, 0.4) is 0 Å². The molecule has 0 fully saturated rings. The summed E-state index contributed by atoms with van der Waals surface area (Å²) in [6, 6.07) is 15.7. The second-order valence-electron chi connectivity index (χ2n) is 3.79. The standard InChI is InChI=1S/C7H9O3P.C6H7N/c1-6-2-4-7(5-3-6)11(8,9)10;7-6-4-2-1-3-5-6/h2-5H,1H3,(H2,8,9,10);1-5H,7H2. The van der Waals surface area contributed by atoms with Gasteiger partial charge in [-0.15, -0.1) is 0 Å². The lowest BCUT2D eigenvalue weighted by Crippen LogP contribution is -2.02. The van der Waals surface area contributed by atoms with Crippen molar-refractivity contribution < 1.29 is 14.4 Å². The second kappa shape index (κ2) is 6.36. The van der Waals surface area contributed by atoms with Crippen LogP contribution < -0.4 is 11.0 Å². The zero-order valence-electron chi connectivity index (χ0n) is 10.0. The minimum Gasteiger partial charge on any atom is -0.399 e. The lowest BCUT2D eigenvalue weighted by atomic mass is 10.2. The fourth-order valence-electron chi connectivity index (χ4n) is 1.19. The normalized spacial score (nSPS) is 10.4. The Labute approximate surface area is 106 Å². The summed E-state index contributed by atoms with van der Waals surface area (Å²) in [5.41, 5.74) is 7.17. The van der Waals surface area contributed by atoms with Crippen molar-refractivity contribution in [3.63, 3.8) is 0 Å². The van der Waals surface area contributed by atoms with Gasteiger partial charge in [0.05, 0.1) is 5.30 Å². The van der Waals surface area contributed by atoms with Gasteiger partial charge in [-0.05, 0) is 31.2 Å². The van der Waals surface area contributed by atoms with E-state index >= 15 is 0 Å². The second-order valence-corrected chi connectivity index (χ2v) is 5.39. The average Bonchev–Trinajstić information content (AvgIpc) is 2.30. The third-order valence-electron chi connectivity index (χ3n) is 2.17. The molecule has 0 amide bonds. The summed E-state index contributed by atoms with van der Waals surface area (Å²) in [5.74, 6) is 0. The highest BCUT2D eigenvalue weighted by Gasteiger charge is 2.15. The molecule has 0 radical (unpaired) electrons. The molecule has 0 saturated carbocycles. The van der Waals surface area contributed by atoms with Gasteiger partial charge in [0.15, 0.2) is 0 Å². The van der Waals surface area contributed by atoms with E-state index in [1.165, 1.54) is 12.1 Å². The summed E-state index contributed by atoms with van der Waals surface area (Å²) in [6.07, 6.45) is 0. The Balaban J connectivity index is 0.000000199. The van der Waals surface area contributed by atoms with Crippen LogP contribution in [0, 0.1) is 6.92 Å². The smallest absolute Gasteiger partial charge is 0.356 e. The molecule has 0 aliphatic rings. The highest BCUT2D eigenvalue weighted by Crippen LogP contribution is 2.32. The number of benzene rings is 2. The van der Waals surface area contributed by atoms with Crippen LogP contribution in [0.4, 0.5) is 5.69 Å². The predicted molar refractivity (Wildman–Crippen MR) is 73.7 cm³/mol. The molecule has 0 aliphatic carbocycles. The summed E-state index contributed by atoms with van der Waals surface area (Å²) in [4.78, 5) is 17.4. The van der Waals surface area contributed by atoms with E-state index in [1.807, 2.05) is 37.3 Å². The predicted octanol–water partition coefficient (Wildman–Crippen LogP) is 2.07. The maximum absolute atomic E-state index is 10.6. The van der Waals surface area contributed by atoms with Crippen LogP contribution in [0.2, 0.25) is 0 Å². The van der Waals surface area contributed by atoms with Gasteiger partial charge in [0, 0.05) is 5.69 Å². The van der Waals surface area contributed by atoms with E-state index in [1.54, 1.807) is 12.1 Å². The summed E-state index contributed by atoms with van der Waals surface area (Å²) < 4.78 is 10.6. The molecule has 0 heterocycles. The number of hydrogen-bond donors (Lipinski definition) is 3. The van der Waals surface area contributed by atoms with Gasteiger partial charge in [-0.2, -0.15) is 0 Å². The van der Waals surface area contributed by atoms with E-state index in [4.69, 9.17) is 15.5 Å². The molecule has 0 unspecified atom stereocenters. The van der Waals surface area contributed by atoms with Crippen LogP contribution in [0.5, 0.6) is 0 Å². The third-order valence-corrected chi connectivity index (χ3v) is 3.14. The largest absolute Gasteiger partial charge is 0.399 e. The third kappa shape index (κ3) is 5.15. The average molecular weight is 265 g/mol. The quantitative estimate of drug-likeness (QED) is 0.544. The van der Waals surface area contributed by atoms with Gasteiger partial charge in [-0.25, -0.2) is 0 Å². The maximum atomic E-state index is 10.6. The molecule has 2 rings (SSSR count). The minimum atomic E-state index is -4.04. The molecule has 2 aromatic rings. The fourth-order valence-corrected chi connectivity index (χ4v) is 1.73. The molecule has 0 bridgehead atoms. The van der Waals surface area contributed by atoms with E-state index in [0.717, 1.165) is 11.3 Å². The van der Waals surface area contributed by atoms with Crippen LogP contribution in [0.15, 0.2) is 54.6 Å². The first-order chi connectivity index (χ1) is 8.39. The Morgan fingerprint density at radius 2 is 1.44 bits per heavy atom. The van der Waals surface area contributed by atoms with Crippen molar-refractivity contribution in [1.29, 1.82) is 0 Å². The zero-order chi connectivity index (χ0) is 13.6. The van der Waals surface area contributed by atoms with E-state index in [9.17, 15) is 4.57 Å².